The van der Waals surface area contributed by atoms with Crippen LogP contribution in [-0.4, -0.2) is 30.2 Å². The third kappa shape index (κ3) is 4.37. The first kappa shape index (κ1) is 16.2. The van der Waals surface area contributed by atoms with Crippen molar-refractivity contribution in [3.8, 4) is 11.5 Å². The molecule has 1 aliphatic rings. The molecule has 3 heteroatoms. The van der Waals surface area contributed by atoms with Gasteiger partial charge in [0.1, 0.15) is 11.5 Å². The molecule has 1 heterocycles. The van der Waals surface area contributed by atoms with E-state index in [-0.39, 0.29) is 0 Å². The van der Waals surface area contributed by atoms with Gasteiger partial charge in [0.05, 0.1) is 7.11 Å². The molecule has 0 saturated carbocycles. The van der Waals surface area contributed by atoms with Crippen LogP contribution in [0.2, 0.25) is 0 Å². The summed E-state index contributed by atoms with van der Waals surface area (Å²) in [6, 6.07) is 5.59. The van der Waals surface area contributed by atoms with Crippen molar-refractivity contribution in [2.75, 3.05) is 20.2 Å². The lowest BCUT2D eigenvalue weighted by Crippen LogP contribution is -2.26. The Morgan fingerprint density at radius 2 is 2.00 bits per heavy atom. The van der Waals surface area contributed by atoms with E-state index in [0.29, 0.717) is 16.9 Å². The van der Waals surface area contributed by atoms with Gasteiger partial charge in [0, 0.05) is 18.2 Å². The molecule has 1 unspecified atom stereocenters. The van der Waals surface area contributed by atoms with Gasteiger partial charge in [0.2, 0.25) is 0 Å². The van der Waals surface area contributed by atoms with Crippen LogP contribution in [0.25, 0.3) is 0 Å². The fourth-order valence-corrected chi connectivity index (χ4v) is 3.23. The van der Waals surface area contributed by atoms with E-state index >= 15 is 0 Å². The summed E-state index contributed by atoms with van der Waals surface area (Å²) in [5.41, 5.74) is 1.39. The van der Waals surface area contributed by atoms with E-state index in [4.69, 9.17) is 4.74 Å². The van der Waals surface area contributed by atoms with Crippen LogP contribution in [0, 0.1) is 11.3 Å². The van der Waals surface area contributed by atoms with Crippen LogP contribution in [-0.2, 0) is 6.54 Å². The van der Waals surface area contributed by atoms with Crippen LogP contribution in [0.1, 0.15) is 45.6 Å². The first-order valence-electron chi connectivity index (χ1n) is 7.98. The molecule has 1 fully saturated rings. The number of methoxy groups -OCH3 is 1. The molecular formula is C18H29NO2. The second-order valence-electron chi connectivity index (χ2n) is 7.26. The van der Waals surface area contributed by atoms with E-state index in [2.05, 4.69) is 25.7 Å². The Bertz CT molecular complexity index is 465. The zero-order valence-corrected chi connectivity index (χ0v) is 13.9. The van der Waals surface area contributed by atoms with E-state index in [1.165, 1.54) is 19.3 Å². The number of nitrogens with zero attached hydrogens (tertiary/aromatic N) is 1. The van der Waals surface area contributed by atoms with Gasteiger partial charge < -0.3 is 9.84 Å². The maximum Gasteiger partial charge on any atom is 0.123 e. The van der Waals surface area contributed by atoms with Gasteiger partial charge >= 0.3 is 0 Å². The van der Waals surface area contributed by atoms with Crippen molar-refractivity contribution >= 4 is 0 Å². The molecule has 1 saturated heterocycles. The molecule has 1 N–H and O–H groups in total. The molecule has 0 aromatic heterocycles. The summed E-state index contributed by atoms with van der Waals surface area (Å²) in [6.45, 7) is 10.1. The maximum atomic E-state index is 10.1. The summed E-state index contributed by atoms with van der Waals surface area (Å²) in [4.78, 5) is 2.47. The average Bonchev–Trinajstić information content (AvgIpc) is 2.66. The standard InChI is InChI=1S/C18H29NO2/c1-18(2,3)15-6-5-10-19(11-9-15)13-14-7-8-16(21-4)12-17(14)20/h7-8,12,15,20H,5-6,9-11,13H2,1-4H3. The van der Waals surface area contributed by atoms with Gasteiger partial charge in [-0.05, 0) is 49.8 Å². The van der Waals surface area contributed by atoms with Crippen molar-refractivity contribution in [2.45, 2.75) is 46.6 Å². The van der Waals surface area contributed by atoms with Gasteiger partial charge in [-0.2, -0.15) is 0 Å². The van der Waals surface area contributed by atoms with Crippen LogP contribution in [0.15, 0.2) is 18.2 Å². The van der Waals surface area contributed by atoms with E-state index in [9.17, 15) is 5.11 Å². The number of phenolic OH excluding ortho intramolecular Hbond substituents is 1. The van der Waals surface area contributed by atoms with E-state index < -0.39 is 0 Å². The van der Waals surface area contributed by atoms with Crippen molar-refractivity contribution in [1.82, 2.24) is 4.90 Å². The molecule has 2 rings (SSSR count). The van der Waals surface area contributed by atoms with E-state index in [1.54, 1.807) is 13.2 Å². The predicted octanol–water partition coefficient (Wildman–Crippen LogP) is 4.05. The second kappa shape index (κ2) is 6.69. The normalized spacial score (nSPS) is 21.0. The fourth-order valence-electron chi connectivity index (χ4n) is 3.23. The maximum absolute atomic E-state index is 10.1. The number of aromatic hydroxyl groups is 1. The zero-order valence-electron chi connectivity index (χ0n) is 13.9. The molecule has 1 aliphatic heterocycles. The monoisotopic (exact) mass is 291 g/mol. The molecule has 1 atom stereocenters. The average molecular weight is 291 g/mol. The molecule has 0 amide bonds. The molecular weight excluding hydrogens is 262 g/mol. The van der Waals surface area contributed by atoms with E-state index in [0.717, 1.165) is 31.1 Å². The van der Waals surface area contributed by atoms with Gasteiger partial charge in [0.15, 0.2) is 0 Å². The minimum absolute atomic E-state index is 0.339. The molecule has 1 aromatic carbocycles. The lowest BCUT2D eigenvalue weighted by molar-refractivity contribution is 0.206. The first-order chi connectivity index (χ1) is 9.90. The van der Waals surface area contributed by atoms with Crippen LogP contribution in [0.4, 0.5) is 0 Å². The minimum atomic E-state index is 0.339. The summed E-state index contributed by atoms with van der Waals surface area (Å²) in [5, 5.41) is 10.1. The summed E-state index contributed by atoms with van der Waals surface area (Å²) in [5.74, 6) is 1.85. The lowest BCUT2D eigenvalue weighted by atomic mass is 9.77. The summed E-state index contributed by atoms with van der Waals surface area (Å²) < 4.78 is 5.14. The Balaban J connectivity index is 1.98. The Hall–Kier alpha value is -1.22. The highest BCUT2D eigenvalue weighted by Gasteiger charge is 2.27. The molecule has 1 aromatic rings. The highest BCUT2D eigenvalue weighted by atomic mass is 16.5. The van der Waals surface area contributed by atoms with Crippen LogP contribution >= 0.6 is 0 Å². The van der Waals surface area contributed by atoms with Gasteiger partial charge in [-0.15, -0.1) is 0 Å². The summed E-state index contributed by atoms with van der Waals surface area (Å²) in [7, 11) is 1.62. The van der Waals surface area contributed by atoms with Gasteiger partial charge in [-0.3, -0.25) is 4.90 Å². The van der Waals surface area contributed by atoms with Crippen molar-refractivity contribution in [2.24, 2.45) is 11.3 Å². The Morgan fingerprint density at radius 1 is 1.24 bits per heavy atom. The van der Waals surface area contributed by atoms with Gasteiger partial charge in [-0.1, -0.05) is 26.8 Å². The van der Waals surface area contributed by atoms with Gasteiger partial charge in [0.25, 0.3) is 0 Å². The van der Waals surface area contributed by atoms with Crippen LogP contribution in [0.3, 0.4) is 0 Å². The third-order valence-corrected chi connectivity index (χ3v) is 4.73. The number of likely N-dealkylation sites (tertiary alicyclic amines) is 1. The van der Waals surface area contributed by atoms with Crippen molar-refractivity contribution in [3.63, 3.8) is 0 Å². The van der Waals surface area contributed by atoms with Gasteiger partial charge in [-0.25, -0.2) is 0 Å². The minimum Gasteiger partial charge on any atom is -0.507 e. The smallest absolute Gasteiger partial charge is 0.123 e. The largest absolute Gasteiger partial charge is 0.507 e. The molecule has 0 bridgehead atoms. The predicted molar refractivity (Wildman–Crippen MR) is 86.7 cm³/mol. The molecule has 0 spiro atoms. The summed E-state index contributed by atoms with van der Waals surface area (Å²) in [6.07, 6.45) is 3.81. The van der Waals surface area contributed by atoms with Crippen LogP contribution < -0.4 is 4.74 Å². The Labute approximate surface area is 128 Å². The fraction of sp³-hybridized carbons (Fsp3) is 0.667. The van der Waals surface area contributed by atoms with Crippen molar-refractivity contribution in [1.29, 1.82) is 0 Å². The van der Waals surface area contributed by atoms with Crippen molar-refractivity contribution < 1.29 is 9.84 Å². The second-order valence-corrected chi connectivity index (χ2v) is 7.26. The molecule has 3 nitrogen and oxygen atoms in total. The SMILES string of the molecule is COc1ccc(CN2CCCC(C(C)(C)C)CC2)c(O)c1. The molecule has 118 valence electrons. The molecule has 21 heavy (non-hydrogen) atoms. The third-order valence-electron chi connectivity index (χ3n) is 4.73. The number of benzene rings is 1. The number of rotatable bonds is 3. The molecule has 0 radical (unpaired) electrons. The Morgan fingerprint density at radius 3 is 2.62 bits per heavy atom. The molecule has 0 aliphatic carbocycles. The number of hydrogen-bond acceptors (Lipinski definition) is 3. The lowest BCUT2D eigenvalue weighted by Gasteiger charge is -2.29. The Kier molecular flexibility index (Phi) is 5.15. The van der Waals surface area contributed by atoms with E-state index in [1.807, 2.05) is 12.1 Å². The number of ether oxygens (including phenoxy) is 1. The highest BCUT2D eigenvalue weighted by molar-refractivity contribution is 5.39. The quantitative estimate of drug-likeness (QED) is 0.912. The van der Waals surface area contributed by atoms with Crippen molar-refractivity contribution in [3.05, 3.63) is 23.8 Å². The zero-order chi connectivity index (χ0) is 15.5. The number of phenols is 1. The first-order valence-corrected chi connectivity index (χ1v) is 7.98. The highest BCUT2D eigenvalue weighted by Crippen LogP contribution is 2.35. The van der Waals surface area contributed by atoms with Crippen LogP contribution in [0.5, 0.6) is 11.5 Å². The number of hydrogen-bond donors (Lipinski definition) is 1. The summed E-state index contributed by atoms with van der Waals surface area (Å²) >= 11 is 0. The topological polar surface area (TPSA) is 32.7 Å².